The van der Waals surface area contributed by atoms with E-state index < -0.39 is 32.7 Å². The highest BCUT2D eigenvalue weighted by Crippen LogP contribution is 2.38. The molecule has 1 amide bonds. The number of nitrogens with zero attached hydrogens (tertiary/aromatic N) is 1. The highest BCUT2D eigenvalue weighted by atomic mass is 31.2. The van der Waals surface area contributed by atoms with E-state index in [-0.39, 0.29) is 18.9 Å². The molecule has 0 heterocycles. The minimum atomic E-state index is -4.69. The summed E-state index contributed by atoms with van der Waals surface area (Å²) in [5.74, 6) is -0.314. The Hall–Kier alpha value is -3.14. The van der Waals surface area contributed by atoms with Crippen LogP contribution in [0.4, 0.5) is 0 Å². The first kappa shape index (κ1) is 65.9. The molecule has 0 aromatic rings. The summed E-state index contributed by atoms with van der Waals surface area (Å²) in [6.45, 7) is 4.25. The van der Waals surface area contributed by atoms with Crippen molar-refractivity contribution in [1.29, 1.82) is 0 Å². The quantitative estimate of drug-likeness (QED) is 0.0240. The van der Waals surface area contributed by atoms with Gasteiger partial charge in [-0.1, -0.05) is 193 Å². The molecule has 0 radical (unpaired) electrons. The summed E-state index contributed by atoms with van der Waals surface area (Å²) in [6.07, 6.45) is 68.3. The Morgan fingerprint density at radius 3 is 1.35 bits per heavy atom. The Balaban J connectivity index is 4.34. The van der Waals surface area contributed by atoms with Gasteiger partial charge in [-0.05, 0) is 109 Å². The Labute approximate surface area is 423 Å². The van der Waals surface area contributed by atoms with E-state index in [4.69, 9.17) is 9.05 Å². The van der Waals surface area contributed by atoms with Crippen LogP contribution in [0.2, 0.25) is 0 Å². The third-order valence-corrected chi connectivity index (χ3v) is 12.2. The Morgan fingerprint density at radius 2 is 0.913 bits per heavy atom. The van der Waals surface area contributed by atoms with Crippen molar-refractivity contribution in [3.05, 3.63) is 122 Å². The highest BCUT2D eigenvalue weighted by molar-refractivity contribution is 7.45. The normalized spacial score (nSPS) is 15.4. The summed E-state index contributed by atoms with van der Waals surface area (Å²) in [5, 5.41) is 24.6. The molecule has 394 valence electrons. The van der Waals surface area contributed by atoms with Gasteiger partial charge in [0.1, 0.15) is 19.3 Å². The molecule has 4 unspecified atom stereocenters. The van der Waals surface area contributed by atoms with Crippen molar-refractivity contribution in [2.45, 2.75) is 205 Å². The van der Waals surface area contributed by atoms with E-state index in [1.54, 1.807) is 0 Å². The molecule has 0 bridgehead atoms. The van der Waals surface area contributed by atoms with Gasteiger partial charge in [0.2, 0.25) is 5.91 Å². The number of aliphatic hydroxyl groups excluding tert-OH is 2. The van der Waals surface area contributed by atoms with Crippen molar-refractivity contribution in [2.24, 2.45) is 0 Å². The lowest BCUT2D eigenvalue weighted by Crippen LogP contribution is -2.51. The second-order valence-electron chi connectivity index (χ2n) is 19.0. The Kier molecular flexibility index (Phi) is 46.3. The molecule has 0 fully saturated rings. The van der Waals surface area contributed by atoms with E-state index in [9.17, 15) is 24.5 Å². The van der Waals surface area contributed by atoms with Crippen LogP contribution < -0.4 is 10.2 Å². The molecule has 0 rings (SSSR count). The molecule has 0 aromatic carbocycles. The lowest BCUT2D eigenvalue weighted by atomic mass is 10.0. The van der Waals surface area contributed by atoms with E-state index in [0.717, 1.165) is 103 Å². The van der Waals surface area contributed by atoms with Gasteiger partial charge >= 0.3 is 0 Å². The van der Waals surface area contributed by atoms with Gasteiger partial charge in [0, 0.05) is 6.42 Å². The van der Waals surface area contributed by atoms with E-state index in [1.807, 2.05) is 21.1 Å². The van der Waals surface area contributed by atoms with Crippen LogP contribution in [0.5, 0.6) is 0 Å². The molecule has 0 aromatic heterocycles. The number of phosphoric acid groups is 1. The lowest BCUT2D eigenvalue weighted by molar-refractivity contribution is -0.870. The van der Waals surface area contributed by atoms with Crippen LogP contribution in [-0.4, -0.2) is 79.8 Å². The molecule has 0 saturated heterocycles. The van der Waals surface area contributed by atoms with Crippen LogP contribution in [0.15, 0.2) is 122 Å². The molecule has 9 nitrogen and oxygen atoms in total. The van der Waals surface area contributed by atoms with Crippen LogP contribution in [0, 0.1) is 0 Å². The summed E-state index contributed by atoms with van der Waals surface area (Å²) in [6, 6.07) is -1.11. The van der Waals surface area contributed by atoms with Gasteiger partial charge in [-0.2, -0.15) is 0 Å². The Bertz CT molecular complexity index is 1550. The third kappa shape index (κ3) is 49.6. The van der Waals surface area contributed by atoms with Gasteiger partial charge in [-0.15, -0.1) is 0 Å². The summed E-state index contributed by atoms with van der Waals surface area (Å²) < 4.78 is 23.2. The second-order valence-corrected chi connectivity index (χ2v) is 20.4. The number of rotatable bonds is 47. The number of carbonyl (C=O) groups is 1. The summed E-state index contributed by atoms with van der Waals surface area (Å²) in [5.41, 5.74) is 0. The van der Waals surface area contributed by atoms with Crippen molar-refractivity contribution in [1.82, 2.24) is 5.32 Å². The van der Waals surface area contributed by atoms with Crippen LogP contribution in [0.1, 0.15) is 187 Å². The monoisotopic (exact) mass is 981 g/mol. The number of unbranched alkanes of at least 4 members (excludes halogenated alkanes) is 13. The minimum Gasteiger partial charge on any atom is -0.756 e. The fourth-order valence-corrected chi connectivity index (χ4v) is 7.73. The molecular formula is C59H101N2O7P. The maximum Gasteiger partial charge on any atom is 0.268 e. The van der Waals surface area contributed by atoms with Crippen molar-refractivity contribution in [3.8, 4) is 0 Å². The first-order valence-corrected chi connectivity index (χ1v) is 28.4. The topological polar surface area (TPSA) is 128 Å². The number of hydrogen-bond donors (Lipinski definition) is 3. The smallest absolute Gasteiger partial charge is 0.268 e. The molecule has 0 aliphatic heterocycles. The molecular weight excluding hydrogens is 880 g/mol. The number of carbonyl (C=O) groups excluding carboxylic acids is 1. The maximum atomic E-state index is 13.0. The number of nitrogens with one attached hydrogen (secondary N) is 1. The highest BCUT2D eigenvalue weighted by Gasteiger charge is 2.29. The number of likely N-dealkylation sites (N-methyl/N-ethyl adjacent to an activating group) is 1. The fraction of sp³-hybridized carbons (Fsp3) is 0.644. The number of hydrogen-bond acceptors (Lipinski definition) is 7. The van der Waals surface area contributed by atoms with Crippen molar-refractivity contribution >= 4 is 13.7 Å². The molecule has 69 heavy (non-hydrogen) atoms. The Morgan fingerprint density at radius 1 is 0.536 bits per heavy atom. The molecule has 0 saturated carbocycles. The zero-order valence-electron chi connectivity index (χ0n) is 44.3. The van der Waals surface area contributed by atoms with Crippen LogP contribution in [0.25, 0.3) is 0 Å². The van der Waals surface area contributed by atoms with Crippen molar-refractivity contribution in [3.63, 3.8) is 0 Å². The predicted octanol–water partition coefficient (Wildman–Crippen LogP) is 14.5. The van der Waals surface area contributed by atoms with Gasteiger partial charge in [0.15, 0.2) is 0 Å². The largest absolute Gasteiger partial charge is 0.756 e. The molecule has 4 atom stereocenters. The van der Waals surface area contributed by atoms with Crippen LogP contribution in [-0.2, 0) is 18.4 Å². The van der Waals surface area contributed by atoms with Crippen molar-refractivity contribution < 1.29 is 38.0 Å². The standard InChI is InChI=1S/C59H101N2O7P/c1-6-8-10-12-14-16-18-20-21-22-23-24-25-26-27-28-29-30-31-32-33-34-35-36-37-38-39-40-42-44-46-48-50-52-58(63)60-56(55-68-69(65,66)67-54-53-61(3,4)5)59(64)57(62)51-49-47-45-43-41-19-17-15-13-11-9-7-2/h8,10,14,16,20-21,23-24,26-27,29-30,32-33,35-36,38-39,43,45,56-57,59,62,64H,6-7,9,11-13,15,17-19,22,25,28,31,34,37,40-42,44,46-55H2,1-5H3,(H-,60,63,65,66)/b10-8-,16-14-,21-20-,24-23-,27-26-,30-29-,33-32-,36-35-,39-38-,45-43+. The molecule has 0 aliphatic carbocycles. The zero-order chi connectivity index (χ0) is 50.8. The van der Waals surface area contributed by atoms with E-state index >= 15 is 0 Å². The van der Waals surface area contributed by atoms with Gasteiger partial charge < -0.3 is 34.0 Å². The lowest BCUT2D eigenvalue weighted by Gasteiger charge is -2.31. The predicted molar refractivity (Wildman–Crippen MR) is 294 cm³/mol. The number of aliphatic hydroxyl groups is 2. The van der Waals surface area contributed by atoms with Crippen molar-refractivity contribution in [2.75, 3.05) is 40.9 Å². The first-order chi connectivity index (χ1) is 33.4. The average Bonchev–Trinajstić information content (AvgIpc) is 3.31. The molecule has 0 aliphatic rings. The summed E-state index contributed by atoms with van der Waals surface area (Å²) in [7, 11) is 1.07. The SMILES string of the molecule is CC/C=C\C/C=C\C/C=C\C/C=C\C/C=C\C/C=C\C/C=C\C/C=C\C/C=C\CCCCCCCC(=O)NC(COP(=O)([O-])OCC[N+](C)(C)C)C(O)C(O)CCC/C=C/CCCCCCCCC. The zero-order valence-corrected chi connectivity index (χ0v) is 45.2. The minimum absolute atomic E-state index is 0.0572. The number of quaternary nitrogens is 1. The van der Waals surface area contributed by atoms with E-state index in [1.165, 1.54) is 44.9 Å². The number of allylic oxidation sites excluding steroid dienone is 20. The first-order valence-electron chi connectivity index (χ1n) is 27.0. The van der Waals surface area contributed by atoms with Gasteiger partial charge in [-0.3, -0.25) is 9.36 Å². The fourth-order valence-electron chi connectivity index (χ4n) is 7.01. The molecule has 0 spiro atoms. The number of amides is 1. The van der Waals surface area contributed by atoms with Gasteiger partial charge in [-0.25, -0.2) is 0 Å². The maximum absolute atomic E-state index is 13.0. The van der Waals surface area contributed by atoms with Crippen LogP contribution in [0.3, 0.4) is 0 Å². The molecule has 10 heteroatoms. The summed E-state index contributed by atoms with van der Waals surface area (Å²) >= 11 is 0. The van der Waals surface area contributed by atoms with E-state index in [0.29, 0.717) is 30.3 Å². The third-order valence-electron chi connectivity index (χ3n) is 11.3. The average molecular weight is 981 g/mol. The van der Waals surface area contributed by atoms with Crippen LogP contribution >= 0.6 is 7.82 Å². The van der Waals surface area contributed by atoms with Gasteiger partial charge in [0.25, 0.3) is 7.82 Å². The second kappa shape index (κ2) is 48.5. The number of phosphoric ester groups is 1. The van der Waals surface area contributed by atoms with E-state index in [2.05, 4.69) is 141 Å². The molecule has 3 N–H and O–H groups in total. The summed E-state index contributed by atoms with van der Waals surface area (Å²) in [4.78, 5) is 25.5. The van der Waals surface area contributed by atoms with Gasteiger partial charge in [0.05, 0.1) is 39.9 Å².